The molecule has 4 heterocycles. The molecule has 5 heteroatoms. The molecule has 1 aliphatic rings. The van der Waals surface area contributed by atoms with Gasteiger partial charge in [-0.05, 0) is 125 Å². The average Bonchev–Trinajstić information content (AvgIpc) is 1.19. The van der Waals surface area contributed by atoms with Gasteiger partial charge in [0.25, 0.3) is 0 Å². The molecule has 476 valence electrons. The molecule has 0 bridgehead atoms. The summed E-state index contributed by atoms with van der Waals surface area (Å²) in [6, 6.07) is 120. The number of furan rings is 1. The van der Waals surface area contributed by atoms with E-state index in [1.807, 2.05) is 42.5 Å². The van der Waals surface area contributed by atoms with Gasteiger partial charge in [0.15, 0.2) is 5.69 Å². The summed E-state index contributed by atoms with van der Waals surface area (Å²) in [6.07, 6.45) is 0. The first kappa shape index (κ1) is 59.8. The van der Waals surface area contributed by atoms with E-state index >= 15 is 0 Å². The maximum absolute atomic E-state index is 7.16. The van der Waals surface area contributed by atoms with Gasteiger partial charge < -0.3 is 4.42 Å². The number of hydrogen-bond donors (Lipinski definition) is 0. The molecule has 0 atom stereocenters. The summed E-state index contributed by atoms with van der Waals surface area (Å²) in [7, 11) is 0. The molecule has 0 fully saturated rings. The lowest BCUT2D eigenvalue weighted by Gasteiger charge is -2.21. The van der Waals surface area contributed by atoms with E-state index in [2.05, 4.69) is 316 Å². The normalized spacial score (nSPS) is 12.3. The molecule has 0 spiro atoms. The third kappa shape index (κ3) is 10.0. The first-order chi connectivity index (χ1) is 50.3. The van der Waals surface area contributed by atoms with Gasteiger partial charge in [-0.25, -0.2) is 19.8 Å². The molecular formula is C97H62N4O. The highest BCUT2D eigenvalue weighted by Gasteiger charge is 2.35. The molecule has 0 N–H and O–H groups in total. The summed E-state index contributed by atoms with van der Waals surface area (Å²) in [5.41, 5.74) is 22.2. The summed E-state index contributed by atoms with van der Waals surface area (Å²) in [4.78, 5) is 18.8. The van der Waals surface area contributed by atoms with Crippen LogP contribution in [0.15, 0.2) is 344 Å². The number of aromatic nitrogens is 3. The van der Waals surface area contributed by atoms with Gasteiger partial charge in [0.05, 0.1) is 40.2 Å². The van der Waals surface area contributed by atoms with E-state index in [9.17, 15) is 0 Å². The second-order valence-corrected chi connectivity index (χ2v) is 27.1. The number of benzene rings is 16. The van der Waals surface area contributed by atoms with Gasteiger partial charge in [0.2, 0.25) is 0 Å². The van der Waals surface area contributed by atoms with Crippen molar-refractivity contribution < 1.29 is 4.42 Å². The fraction of sp³-hybridized carbons (Fsp3) is 0.0309. The predicted octanol–water partition coefficient (Wildman–Crippen LogP) is 26.7. The first-order valence-electron chi connectivity index (χ1n) is 34.7. The molecule has 0 saturated heterocycles. The highest BCUT2D eigenvalue weighted by molar-refractivity contribution is 6.25. The van der Waals surface area contributed by atoms with Crippen LogP contribution in [-0.2, 0) is 5.41 Å². The molecule has 21 rings (SSSR count). The lowest BCUT2D eigenvalue weighted by atomic mass is 9.82. The van der Waals surface area contributed by atoms with Crippen LogP contribution in [0, 0.1) is 6.57 Å². The predicted molar refractivity (Wildman–Crippen MR) is 429 cm³/mol. The van der Waals surface area contributed by atoms with Gasteiger partial charge in [-0.1, -0.05) is 311 Å². The molecule has 0 aliphatic heterocycles. The fourth-order valence-electron chi connectivity index (χ4n) is 16.0. The van der Waals surface area contributed by atoms with Crippen LogP contribution in [0.4, 0.5) is 5.69 Å². The molecule has 0 unspecified atom stereocenters. The highest BCUT2D eigenvalue weighted by atomic mass is 16.3. The number of para-hydroxylation sites is 4. The number of nitrogens with zero attached hydrogens (tertiary/aromatic N) is 4. The van der Waals surface area contributed by atoms with Crippen molar-refractivity contribution in [3.05, 3.63) is 362 Å². The zero-order valence-electron chi connectivity index (χ0n) is 56.0. The maximum Gasteiger partial charge on any atom is 0.187 e. The zero-order valence-corrected chi connectivity index (χ0v) is 56.0. The number of hydrogen-bond acceptors (Lipinski definition) is 4. The Kier molecular flexibility index (Phi) is 14.2. The largest absolute Gasteiger partial charge is 0.456 e. The standard InChI is InChI=1S/C38H27N.C35H21NO.C24H14N2/c1-38(2)33-13-7-5-11-29(33)32-23-27(20-22-34(32)38)24-15-17-26(18-16-24)37-31-21-19-25-9-3-4-10-28(25)36(31)30-12-6-8-14-35(30)39-37;1-2-8-26-23(7-1)17-19-29-34(26)28-10-3-5-11-31(28)36-35(29)24-15-13-22(14-16-24)25-18-20-33-30(21-25)27-9-4-6-12-32(27)37-33;1-25-18-13-10-17(11-14-18)24-21-15-12-16-6-2-3-7-19(16)23(21)20-8-4-5-9-22(20)26-24/h3-23H,1-2H3;1-21H;2-15H. The smallest absolute Gasteiger partial charge is 0.187 e. The Morgan fingerprint density at radius 2 is 0.618 bits per heavy atom. The van der Waals surface area contributed by atoms with Crippen LogP contribution >= 0.6 is 0 Å². The Morgan fingerprint density at radius 1 is 0.265 bits per heavy atom. The number of pyridine rings is 3. The summed E-state index contributed by atoms with van der Waals surface area (Å²) in [5, 5.41) is 20.6. The van der Waals surface area contributed by atoms with Crippen molar-refractivity contribution in [1.29, 1.82) is 0 Å². The lowest BCUT2D eigenvalue weighted by Crippen LogP contribution is -2.14. The van der Waals surface area contributed by atoms with E-state index in [4.69, 9.17) is 25.9 Å². The van der Waals surface area contributed by atoms with Gasteiger partial charge in [-0.2, -0.15) is 0 Å². The van der Waals surface area contributed by atoms with Crippen molar-refractivity contribution in [3.63, 3.8) is 0 Å². The molecule has 5 nitrogen and oxygen atoms in total. The average molecular weight is 1300 g/mol. The van der Waals surface area contributed by atoms with E-state index < -0.39 is 0 Å². The molecule has 16 aromatic carbocycles. The van der Waals surface area contributed by atoms with Crippen LogP contribution in [0.2, 0.25) is 0 Å². The third-order valence-electron chi connectivity index (χ3n) is 21.0. The minimum Gasteiger partial charge on any atom is -0.456 e. The lowest BCUT2D eigenvalue weighted by molar-refractivity contribution is 0.660. The Morgan fingerprint density at radius 3 is 1.10 bits per heavy atom. The van der Waals surface area contributed by atoms with Gasteiger partial charge in [0.1, 0.15) is 11.2 Å². The molecule has 1 aliphatic carbocycles. The zero-order chi connectivity index (χ0) is 68.0. The second kappa shape index (κ2) is 24.2. The van der Waals surface area contributed by atoms with Crippen LogP contribution in [-0.4, -0.2) is 15.0 Å². The Balaban J connectivity index is 0.000000108. The third-order valence-corrected chi connectivity index (χ3v) is 21.0. The van der Waals surface area contributed by atoms with Crippen molar-refractivity contribution in [2.75, 3.05) is 0 Å². The SMILES string of the molecule is CC1(C)c2ccccc2-c2cc(-c3ccc(-c4nc5ccccc5c5c4ccc4ccccc45)cc3)ccc21.[C-]#[N+]c1ccc(-c2nc3ccccc3c3c2ccc2ccccc23)cc1.c1ccc2c(c1)ccc1c(-c3ccc(-c4ccc5oc6ccccc6c5c4)cc3)nc3ccccc3c12. The molecule has 20 aromatic rings. The second-order valence-electron chi connectivity index (χ2n) is 27.1. The summed E-state index contributed by atoms with van der Waals surface area (Å²) < 4.78 is 6.02. The molecule has 4 aromatic heterocycles. The van der Waals surface area contributed by atoms with Gasteiger partial charge in [-0.3, -0.25) is 0 Å². The molecular weight excluding hydrogens is 1240 g/mol. The minimum absolute atomic E-state index is 0.0291. The fourth-order valence-corrected chi connectivity index (χ4v) is 16.0. The Hall–Kier alpha value is -13.4. The van der Waals surface area contributed by atoms with Crippen LogP contribution in [0.25, 0.3) is 191 Å². The highest BCUT2D eigenvalue weighted by Crippen LogP contribution is 2.50. The molecule has 0 amide bonds. The molecule has 0 saturated carbocycles. The monoisotopic (exact) mass is 1300 g/mol. The summed E-state index contributed by atoms with van der Waals surface area (Å²) in [5.74, 6) is 0. The van der Waals surface area contributed by atoms with Crippen molar-refractivity contribution in [2.45, 2.75) is 19.3 Å². The number of fused-ring (bicyclic) bond motifs is 21. The summed E-state index contributed by atoms with van der Waals surface area (Å²) in [6.45, 7) is 11.8. The minimum atomic E-state index is 0.0291. The van der Waals surface area contributed by atoms with Crippen LogP contribution < -0.4 is 0 Å². The van der Waals surface area contributed by atoms with E-state index in [1.54, 1.807) is 0 Å². The van der Waals surface area contributed by atoms with E-state index in [0.717, 1.165) is 77.6 Å². The Bertz CT molecular complexity index is 6790. The van der Waals surface area contributed by atoms with Gasteiger partial charge in [-0.15, -0.1) is 0 Å². The maximum atomic E-state index is 7.16. The van der Waals surface area contributed by atoms with Crippen molar-refractivity contribution in [3.8, 4) is 67.2 Å². The number of rotatable bonds is 5. The van der Waals surface area contributed by atoms with E-state index in [0.29, 0.717) is 5.69 Å². The van der Waals surface area contributed by atoms with Crippen molar-refractivity contribution in [2.24, 2.45) is 0 Å². The van der Waals surface area contributed by atoms with E-state index in [1.165, 1.54) is 120 Å². The van der Waals surface area contributed by atoms with Gasteiger partial charge in [0, 0.05) is 75.8 Å². The topological polar surface area (TPSA) is 56.2 Å². The van der Waals surface area contributed by atoms with Crippen LogP contribution in [0.5, 0.6) is 0 Å². The van der Waals surface area contributed by atoms with Crippen molar-refractivity contribution in [1.82, 2.24) is 15.0 Å². The van der Waals surface area contributed by atoms with Crippen LogP contribution in [0.3, 0.4) is 0 Å². The van der Waals surface area contributed by atoms with E-state index in [-0.39, 0.29) is 5.41 Å². The Labute approximate surface area is 589 Å². The van der Waals surface area contributed by atoms with Gasteiger partial charge >= 0.3 is 0 Å². The quantitative estimate of drug-likeness (QED) is 0.127. The molecule has 0 radical (unpaired) electrons. The summed E-state index contributed by atoms with van der Waals surface area (Å²) >= 11 is 0. The molecule has 102 heavy (non-hydrogen) atoms. The first-order valence-corrected chi connectivity index (χ1v) is 34.7. The van der Waals surface area contributed by atoms with Crippen LogP contribution in [0.1, 0.15) is 25.0 Å². The van der Waals surface area contributed by atoms with Crippen molar-refractivity contribution >= 4 is 125 Å².